The van der Waals surface area contributed by atoms with E-state index in [9.17, 15) is 19.7 Å². The summed E-state index contributed by atoms with van der Waals surface area (Å²) in [5, 5.41) is 24.4. The van der Waals surface area contributed by atoms with Gasteiger partial charge in [-0.05, 0) is 66.6 Å². The van der Waals surface area contributed by atoms with E-state index in [4.69, 9.17) is 9.39 Å². The van der Waals surface area contributed by atoms with E-state index in [-0.39, 0.29) is 29.6 Å². The Hall–Kier alpha value is -2.16. The SMILES string of the molecule is C=C[C@]1(C)C[C@@H](OC(=O)CNc2ccc3c(c2)B(O)OC3)[C@]2(C)[C@H](C)CC[C@]3(CCC(=O)[C@H]32)C[C@@H]1O. The van der Waals surface area contributed by atoms with Gasteiger partial charge in [0.25, 0.3) is 0 Å². The zero-order chi connectivity index (χ0) is 25.9. The predicted octanol–water partition coefficient (Wildman–Crippen LogP) is 2.98. The van der Waals surface area contributed by atoms with Crippen molar-refractivity contribution in [1.29, 1.82) is 0 Å². The molecular formula is C28H38BNO6. The van der Waals surface area contributed by atoms with Crippen molar-refractivity contribution in [3.8, 4) is 0 Å². The number of anilines is 1. The van der Waals surface area contributed by atoms with Crippen molar-refractivity contribution < 1.29 is 29.1 Å². The van der Waals surface area contributed by atoms with Crippen LogP contribution in [0.4, 0.5) is 5.69 Å². The van der Waals surface area contributed by atoms with Crippen molar-refractivity contribution in [2.45, 2.75) is 78.1 Å². The van der Waals surface area contributed by atoms with E-state index in [1.54, 1.807) is 12.1 Å². The third-order valence-electron chi connectivity index (χ3n) is 10.2. The largest absolute Gasteiger partial charge is 0.491 e. The van der Waals surface area contributed by atoms with Crippen LogP contribution in [0.3, 0.4) is 0 Å². The van der Waals surface area contributed by atoms with Gasteiger partial charge in [0.1, 0.15) is 18.4 Å². The van der Waals surface area contributed by atoms with E-state index < -0.39 is 36.1 Å². The summed E-state index contributed by atoms with van der Waals surface area (Å²) in [7, 11) is -0.955. The van der Waals surface area contributed by atoms with Crippen LogP contribution in [0, 0.1) is 28.1 Å². The molecule has 3 N–H and O–H groups in total. The summed E-state index contributed by atoms with van der Waals surface area (Å²) in [6.07, 6.45) is 4.81. The van der Waals surface area contributed by atoms with Crippen molar-refractivity contribution in [3.05, 3.63) is 36.4 Å². The van der Waals surface area contributed by atoms with Gasteiger partial charge >= 0.3 is 13.1 Å². The summed E-state index contributed by atoms with van der Waals surface area (Å²) in [5.41, 5.74) is 0.928. The molecule has 0 aromatic heterocycles. The molecule has 1 heterocycles. The lowest BCUT2D eigenvalue weighted by molar-refractivity contribution is -0.193. The number of esters is 1. The number of rotatable bonds is 5. The van der Waals surface area contributed by atoms with Crippen LogP contribution in [0.1, 0.15) is 64.9 Å². The zero-order valence-electron chi connectivity index (χ0n) is 21.6. The topological polar surface area (TPSA) is 105 Å². The number of nitrogens with one attached hydrogen (secondary N) is 1. The monoisotopic (exact) mass is 495 g/mol. The van der Waals surface area contributed by atoms with Gasteiger partial charge in [-0.2, -0.15) is 0 Å². The number of benzene rings is 1. The molecule has 2 bridgehead atoms. The van der Waals surface area contributed by atoms with Gasteiger partial charge in [-0.3, -0.25) is 9.59 Å². The second-order valence-electron chi connectivity index (χ2n) is 12.1. The predicted molar refractivity (Wildman–Crippen MR) is 137 cm³/mol. The summed E-state index contributed by atoms with van der Waals surface area (Å²) in [5.74, 6) is -0.182. The Bertz CT molecular complexity index is 1080. The highest BCUT2D eigenvalue weighted by molar-refractivity contribution is 6.61. The van der Waals surface area contributed by atoms with Crippen molar-refractivity contribution in [2.75, 3.05) is 11.9 Å². The first-order valence-corrected chi connectivity index (χ1v) is 13.2. The second-order valence-corrected chi connectivity index (χ2v) is 12.1. The summed E-state index contributed by atoms with van der Waals surface area (Å²) >= 11 is 0. The third-order valence-corrected chi connectivity index (χ3v) is 10.2. The highest BCUT2D eigenvalue weighted by Gasteiger charge is 2.66. The van der Waals surface area contributed by atoms with Gasteiger partial charge in [-0.25, -0.2) is 0 Å². The lowest BCUT2D eigenvalue weighted by atomic mass is 9.46. The number of ketones is 1. The number of fused-ring (bicyclic) bond motifs is 1. The summed E-state index contributed by atoms with van der Waals surface area (Å²) in [4.78, 5) is 26.6. The number of hydrogen-bond donors (Lipinski definition) is 3. The maximum atomic E-state index is 13.3. The smallest absolute Gasteiger partial charge is 0.460 e. The molecule has 1 aromatic carbocycles. The van der Waals surface area contributed by atoms with E-state index in [2.05, 4.69) is 25.7 Å². The van der Waals surface area contributed by atoms with Gasteiger partial charge in [0.2, 0.25) is 0 Å². The first kappa shape index (κ1) is 25.5. The van der Waals surface area contributed by atoms with Gasteiger partial charge in [0.15, 0.2) is 0 Å². The third kappa shape index (κ3) is 3.93. The van der Waals surface area contributed by atoms with Crippen LogP contribution in [0.2, 0.25) is 0 Å². The minimum atomic E-state index is -0.955. The fourth-order valence-electron chi connectivity index (χ4n) is 7.66. The van der Waals surface area contributed by atoms with E-state index in [0.717, 1.165) is 24.8 Å². The molecule has 3 saturated carbocycles. The van der Waals surface area contributed by atoms with Crippen molar-refractivity contribution >= 4 is 30.0 Å². The maximum absolute atomic E-state index is 13.3. The van der Waals surface area contributed by atoms with Crippen molar-refractivity contribution in [3.63, 3.8) is 0 Å². The molecule has 194 valence electrons. The Kier molecular flexibility index (Phi) is 6.37. The maximum Gasteiger partial charge on any atom is 0.491 e. The molecule has 4 aliphatic rings. The van der Waals surface area contributed by atoms with Crippen LogP contribution in [0.15, 0.2) is 30.9 Å². The molecule has 5 rings (SSSR count). The highest BCUT2D eigenvalue weighted by atomic mass is 16.5. The number of ether oxygens (including phenoxy) is 1. The minimum Gasteiger partial charge on any atom is -0.460 e. The molecule has 3 fully saturated rings. The number of aliphatic hydroxyl groups is 1. The molecule has 0 saturated heterocycles. The van der Waals surface area contributed by atoms with E-state index >= 15 is 0 Å². The van der Waals surface area contributed by atoms with Gasteiger partial charge in [0.05, 0.1) is 12.7 Å². The van der Waals surface area contributed by atoms with Crippen LogP contribution in [0.25, 0.3) is 0 Å². The first-order valence-electron chi connectivity index (χ1n) is 13.2. The quantitative estimate of drug-likeness (QED) is 0.328. The molecule has 1 aliphatic heterocycles. The van der Waals surface area contributed by atoms with Gasteiger partial charge in [-0.1, -0.05) is 32.9 Å². The number of hydrogen-bond acceptors (Lipinski definition) is 7. The standard InChI is InChI=1S/C28H38BNO6/c1-5-26(3)14-23(36-24(33)15-30-19-7-6-18-16-35-29(34)20(18)12-19)27(4)17(2)8-10-28(13-22(26)32)11-9-21(31)25(27)28/h5-7,12,17,22-23,25,30,32,34H,1,8-11,13-16H2,2-4H3/t17-,22+,23-,25+,26-,27+,28+/m1/s1. The summed E-state index contributed by atoms with van der Waals surface area (Å²) in [6, 6.07) is 5.52. The Labute approximate surface area is 213 Å². The van der Waals surface area contributed by atoms with Crippen LogP contribution >= 0.6 is 0 Å². The molecule has 36 heavy (non-hydrogen) atoms. The fourth-order valence-corrected chi connectivity index (χ4v) is 7.66. The molecule has 7 atom stereocenters. The number of carbonyl (C=O) groups is 2. The number of carbonyl (C=O) groups excluding carboxylic acids is 2. The molecule has 0 unspecified atom stereocenters. The van der Waals surface area contributed by atoms with Crippen LogP contribution in [-0.2, 0) is 25.6 Å². The van der Waals surface area contributed by atoms with Crippen LogP contribution in [0.5, 0.6) is 0 Å². The van der Waals surface area contributed by atoms with Crippen molar-refractivity contribution in [2.24, 2.45) is 28.1 Å². The van der Waals surface area contributed by atoms with Gasteiger partial charge in [-0.15, -0.1) is 6.58 Å². The average Bonchev–Trinajstić information content (AvgIpc) is 3.39. The van der Waals surface area contributed by atoms with Crippen LogP contribution in [-0.4, -0.2) is 47.8 Å². The zero-order valence-corrected chi connectivity index (χ0v) is 21.6. The lowest BCUT2D eigenvalue weighted by Gasteiger charge is -2.59. The number of aliphatic hydroxyl groups excluding tert-OH is 1. The van der Waals surface area contributed by atoms with E-state index in [1.807, 2.05) is 19.1 Å². The number of Topliss-reactive ketones (excluding diaryl/α,β-unsaturated/α-hetero) is 1. The molecule has 8 heteroatoms. The summed E-state index contributed by atoms with van der Waals surface area (Å²) < 4.78 is 11.5. The molecular weight excluding hydrogens is 457 g/mol. The average molecular weight is 495 g/mol. The summed E-state index contributed by atoms with van der Waals surface area (Å²) in [6.45, 7) is 10.6. The minimum absolute atomic E-state index is 0.0478. The molecule has 0 spiro atoms. The van der Waals surface area contributed by atoms with Crippen molar-refractivity contribution in [1.82, 2.24) is 0 Å². The Morgan fingerprint density at radius 1 is 1.33 bits per heavy atom. The highest BCUT2D eigenvalue weighted by Crippen LogP contribution is 2.66. The first-order chi connectivity index (χ1) is 17.0. The Morgan fingerprint density at radius 3 is 2.86 bits per heavy atom. The van der Waals surface area contributed by atoms with Gasteiger partial charge < -0.3 is 24.8 Å². The normalized spacial score (nSPS) is 39.6. The lowest BCUT2D eigenvalue weighted by Crippen LogP contribution is -2.60. The molecule has 0 amide bonds. The molecule has 3 aliphatic carbocycles. The molecule has 7 nitrogen and oxygen atoms in total. The fraction of sp³-hybridized carbons (Fsp3) is 0.643. The Balaban J connectivity index is 1.41. The molecule has 0 radical (unpaired) electrons. The van der Waals surface area contributed by atoms with E-state index in [0.29, 0.717) is 37.0 Å². The van der Waals surface area contributed by atoms with Gasteiger partial charge in [0, 0.05) is 28.9 Å². The molecule has 1 aromatic rings. The Morgan fingerprint density at radius 2 is 2.11 bits per heavy atom. The second kappa shape index (κ2) is 9.00. The van der Waals surface area contributed by atoms with E-state index in [1.165, 1.54) is 0 Å². The van der Waals surface area contributed by atoms with Crippen LogP contribution < -0.4 is 10.8 Å².